The van der Waals surface area contributed by atoms with Crippen LogP contribution in [0, 0.1) is 11.8 Å². The van der Waals surface area contributed by atoms with Crippen molar-refractivity contribution >= 4 is 23.3 Å². The van der Waals surface area contributed by atoms with Gasteiger partial charge in [0.15, 0.2) is 0 Å². The molecule has 0 saturated heterocycles. The fourth-order valence-electron chi connectivity index (χ4n) is 0.865. The highest BCUT2D eigenvalue weighted by Crippen LogP contribution is 2.14. The quantitative estimate of drug-likeness (QED) is 0.731. The van der Waals surface area contributed by atoms with Gasteiger partial charge in [0.25, 0.3) is 0 Å². The first-order valence-corrected chi connectivity index (χ1v) is 4.27. The van der Waals surface area contributed by atoms with Crippen molar-refractivity contribution in [3.63, 3.8) is 0 Å². The number of carboxylic acids is 1. The van der Waals surface area contributed by atoms with Crippen LogP contribution in [0.1, 0.15) is 0 Å². The lowest BCUT2D eigenvalue weighted by Gasteiger charge is -2.01. The third-order valence-corrected chi connectivity index (χ3v) is 1.64. The van der Waals surface area contributed by atoms with Gasteiger partial charge in [0.05, 0.1) is 6.54 Å². The number of carboxylic acid groups (broad SMARTS) is 1. The molecule has 0 aromatic heterocycles. The van der Waals surface area contributed by atoms with Crippen molar-refractivity contribution in [2.24, 2.45) is 0 Å². The van der Waals surface area contributed by atoms with Gasteiger partial charge in [-0.1, -0.05) is 23.6 Å². The predicted molar refractivity (Wildman–Crippen MR) is 55.4 cm³/mol. The molecule has 4 heteroatoms. The van der Waals surface area contributed by atoms with E-state index in [4.69, 9.17) is 16.7 Å². The van der Waals surface area contributed by atoms with Gasteiger partial charge in [-0.3, -0.25) is 0 Å². The zero-order chi connectivity index (χ0) is 10.4. The fraction of sp³-hybridized carbons (Fsp3) is 0.100. The molecule has 0 bridgehead atoms. The van der Waals surface area contributed by atoms with E-state index < -0.39 is 5.97 Å². The second-order valence-electron chi connectivity index (χ2n) is 2.47. The summed E-state index contributed by atoms with van der Waals surface area (Å²) in [6, 6.07) is 7.13. The molecule has 0 radical (unpaired) electrons. The van der Waals surface area contributed by atoms with Crippen LogP contribution in [0.2, 0.25) is 5.02 Å². The van der Waals surface area contributed by atoms with Crippen molar-refractivity contribution in [3.8, 4) is 11.8 Å². The zero-order valence-corrected chi connectivity index (χ0v) is 8.01. The second-order valence-corrected chi connectivity index (χ2v) is 2.91. The summed E-state index contributed by atoms with van der Waals surface area (Å²) in [6.45, 7) is 0.284. The minimum absolute atomic E-state index is 0.284. The van der Waals surface area contributed by atoms with Crippen LogP contribution in [0.15, 0.2) is 24.3 Å². The number of rotatable bonds is 2. The van der Waals surface area contributed by atoms with Crippen LogP contribution in [-0.2, 0) is 4.79 Å². The molecule has 0 fully saturated rings. The van der Waals surface area contributed by atoms with E-state index in [0.717, 1.165) is 5.69 Å². The molecular formula is C10H8ClNO2. The maximum Gasteiger partial charge on any atom is 0.381 e. The van der Waals surface area contributed by atoms with E-state index in [1.54, 1.807) is 18.2 Å². The number of anilines is 1. The summed E-state index contributed by atoms with van der Waals surface area (Å²) in [4.78, 5) is 10.0. The van der Waals surface area contributed by atoms with Crippen LogP contribution in [0.25, 0.3) is 0 Å². The molecule has 0 spiro atoms. The highest BCUT2D eigenvalue weighted by atomic mass is 35.5. The number of halogens is 1. The van der Waals surface area contributed by atoms with Gasteiger partial charge in [-0.05, 0) is 18.2 Å². The van der Waals surface area contributed by atoms with Crippen molar-refractivity contribution < 1.29 is 9.90 Å². The summed E-state index contributed by atoms with van der Waals surface area (Å²) in [5.74, 6) is 3.32. The lowest BCUT2D eigenvalue weighted by atomic mass is 10.3. The Labute approximate surface area is 86.7 Å². The van der Waals surface area contributed by atoms with Crippen LogP contribution in [-0.4, -0.2) is 17.6 Å². The van der Waals surface area contributed by atoms with Gasteiger partial charge in [0.1, 0.15) is 0 Å². The minimum atomic E-state index is -1.13. The zero-order valence-electron chi connectivity index (χ0n) is 7.25. The molecule has 1 aromatic rings. The number of nitrogens with one attached hydrogen (secondary N) is 1. The number of carbonyl (C=O) groups is 1. The Morgan fingerprint density at radius 3 is 3.00 bits per heavy atom. The molecule has 0 saturated carbocycles. The summed E-state index contributed by atoms with van der Waals surface area (Å²) in [7, 11) is 0. The van der Waals surface area contributed by atoms with Gasteiger partial charge in [-0.15, -0.1) is 0 Å². The van der Waals surface area contributed by atoms with Crippen LogP contribution in [0.3, 0.4) is 0 Å². The van der Waals surface area contributed by atoms with Gasteiger partial charge in [0, 0.05) is 16.6 Å². The molecule has 0 atom stereocenters. The van der Waals surface area contributed by atoms with Crippen LogP contribution in [0.4, 0.5) is 5.69 Å². The summed E-state index contributed by atoms with van der Waals surface area (Å²) in [6.07, 6.45) is 0. The molecule has 0 aliphatic carbocycles. The van der Waals surface area contributed by atoms with Crippen molar-refractivity contribution in [1.29, 1.82) is 0 Å². The maximum atomic E-state index is 10.0. The smallest absolute Gasteiger partial charge is 0.381 e. The van der Waals surface area contributed by atoms with Crippen LogP contribution >= 0.6 is 11.6 Å². The Kier molecular flexibility index (Phi) is 3.84. The van der Waals surface area contributed by atoms with Crippen LogP contribution < -0.4 is 5.32 Å². The standard InChI is InChI=1S/C10H8ClNO2/c11-8-3-1-4-9(7-8)12-6-2-5-10(13)14/h1,3-4,7,12H,6H2,(H,13,14). The number of benzene rings is 1. The molecule has 0 heterocycles. The van der Waals surface area contributed by atoms with E-state index in [2.05, 4.69) is 11.2 Å². The monoisotopic (exact) mass is 209 g/mol. The van der Waals surface area contributed by atoms with Crippen LogP contribution in [0.5, 0.6) is 0 Å². The van der Waals surface area contributed by atoms with Crippen molar-refractivity contribution in [2.45, 2.75) is 0 Å². The second kappa shape index (κ2) is 5.15. The Balaban J connectivity index is 2.47. The molecule has 14 heavy (non-hydrogen) atoms. The first kappa shape index (κ1) is 10.4. The molecule has 3 nitrogen and oxygen atoms in total. The van der Waals surface area contributed by atoms with Crippen molar-refractivity contribution in [1.82, 2.24) is 0 Å². The van der Waals surface area contributed by atoms with Gasteiger partial charge >= 0.3 is 5.97 Å². The normalized spacial score (nSPS) is 8.64. The predicted octanol–water partition coefficient (Wildman–Crippen LogP) is 1.84. The van der Waals surface area contributed by atoms with E-state index in [1.807, 2.05) is 12.0 Å². The van der Waals surface area contributed by atoms with Crippen molar-refractivity contribution in [3.05, 3.63) is 29.3 Å². The van der Waals surface area contributed by atoms with Gasteiger partial charge < -0.3 is 10.4 Å². The van der Waals surface area contributed by atoms with Gasteiger partial charge in [-0.25, -0.2) is 4.79 Å². The number of aliphatic carboxylic acids is 1. The SMILES string of the molecule is O=C(O)C#CCNc1cccc(Cl)c1. The minimum Gasteiger partial charge on any atom is -0.472 e. The Bertz CT molecular complexity index is 393. The molecule has 72 valence electrons. The van der Waals surface area contributed by atoms with Crippen molar-refractivity contribution in [2.75, 3.05) is 11.9 Å². The third-order valence-electron chi connectivity index (χ3n) is 1.40. The summed E-state index contributed by atoms with van der Waals surface area (Å²) < 4.78 is 0. The molecule has 1 rings (SSSR count). The molecule has 2 N–H and O–H groups in total. The largest absolute Gasteiger partial charge is 0.472 e. The Morgan fingerprint density at radius 1 is 1.57 bits per heavy atom. The van der Waals surface area contributed by atoms with Gasteiger partial charge in [-0.2, -0.15) is 0 Å². The highest BCUT2D eigenvalue weighted by Gasteiger charge is 1.90. The fourth-order valence-corrected chi connectivity index (χ4v) is 1.05. The van der Waals surface area contributed by atoms with E-state index in [1.165, 1.54) is 0 Å². The highest BCUT2D eigenvalue weighted by molar-refractivity contribution is 6.30. The third kappa shape index (κ3) is 3.83. The number of hydrogen-bond acceptors (Lipinski definition) is 2. The Hall–Kier alpha value is -1.66. The summed E-state index contributed by atoms with van der Waals surface area (Å²) in [5.41, 5.74) is 0.817. The first-order chi connectivity index (χ1) is 6.68. The molecule has 0 unspecified atom stereocenters. The van der Waals surface area contributed by atoms with E-state index in [9.17, 15) is 4.79 Å². The average molecular weight is 210 g/mol. The summed E-state index contributed by atoms with van der Waals surface area (Å²) >= 11 is 5.74. The van der Waals surface area contributed by atoms with E-state index in [-0.39, 0.29) is 6.54 Å². The lowest BCUT2D eigenvalue weighted by molar-refractivity contribution is -0.130. The molecular weight excluding hydrogens is 202 g/mol. The summed E-state index contributed by atoms with van der Waals surface area (Å²) in [5, 5.41) is 11.8. The maximum absolute atomic E-state index is 10.0. The topological polar surface area (TPSA) is 49.3 Å². The molecule has 1 aromatic carbocycles. The van der Waals surface area contributed by atoms with E-state index >= 15 is 0 Å². The lowest BCUT2D eigenvalue weighted by Crippen LogP contribution is -1.99. The number of hydrogen-bond donors (Lipinski definition) is 2. The molecule has 0 aliphatic rings. The van der Waals surface area contributed by atoms with Gasteiger partial charge in [0.2, 0.25) is 0 Å². The van der Waals surface area contributed by atoms with E-state index in [0.29, 0.717) is 5.02 Å². The molecule has 0 amide bonds. The Morgan fingerprint density at radius 2 is 2.36 bits per heavy atom. The molecule has 0 aliphatic heterocycles. The first-order valence-electron chi connectivity index (χ1n) is 3.90. The average Bonchev–Trinajstić information content (AvgIpc) is 2.12.